The van der Waals surface area contributed by atoms with Crippen molar-refractivity contribution in [2.75, 3.05) is 5.75 Å². The molecule has 0 atom stereocenters. The molecule has 1 aromatic heterocycles. The second-order valence-corrected chi connectivity index (χ2v) is 6.25. The fraction of sp³-hybridized carbons (Fsp3) is 0.500. The molecule has 4 nitrogen and oxygen atoms in total. The third kappa shape index (κ3) is 2.53. The number of hydrogen-bond donors (Lipinski definition) is 0. The van der Waals surface area contributed by atoms with Gasteiger partial charge in [0, 0.05) is 5.75 Å². The second-order valence-electron chi connectivity index (χ2n) is 2.81. The van der Waals surface area contributed by atoms with E-state index in [4.69, 9.17) is 5.26 Å². The van der Waals surface area contributed by atoms with Crippen molar-refractivity contribution in [1.29, 1.82) is 5.26 Å². The van der Waals surface area contributed by atoms with Crippen LogP contribution in [0.5, 0.6) is 0 Å². The maximum Gasteiger partial charge on any atom is 0.156 e. The van der Waals surface area contributed by atoms with Gasteiger partial charge in [0.25, 0.3) is 0 Å². The van der Waals surface area contributed by atoms with E-state index in [1.54, 1.807) is 13.8 Å². The molecule has 1 heterocycles. The fourth-order valence-electron chi connectivity index (χ4n) is 0.908. The van der Waals surface area contributed by atoms with E-state index in [1.165, 1.54) is 0 Å². The molecule has 0 amide bonds. The minimum atomic E-state index is -3.05. The molecular weight excluding hydrogens is 220 g/mol. The second kappa shape index (κ2) is 4.07. The lowest BCUT2D eigenvalue weighted by Gasteiger charge is -1.95. The number of sulfone groups is 1. The third-order valence-electron chi connectivity index (χ3n) is 1.73. The van der Waals surface area contributed by atoms with Crippen LogP contribution in [0.1, 0.15) is 22.5 Å². The topological polar surface area (TPSA) is 70.8 Å². The molecule has 0 aliphatic carbocycles. The molecule has 14 heavy (non-hydrogen) atoms. The summed E-state index contributed by atoms with van der Waals surface area (Å²) in [6.07, 6.45) is 0. The number of rotatable bonds is 3. The van der Waals surface area contributed by atoms with Crippen molar-refractivity contribution < 1.29 is 8.42 Å². The molecule has 1 rings (SSSR count). The van der Waals surface area contributed by atoms with Crippen LogP contribution in [0.2, 0.25) is 0 Å². The summed E-state index contributed by atoms with van der Waals surface area (Å²) < 4.78 is 22.5. The number of aryl methyl sites for hydroxylation is 1. The number of hydrogen-bond acceptors (Lipinski definition) is 5. The molecule has 0 aliphatic rings. The van der Waals surface area contributed by atoms with Crippen LogP contribution in [0.15, 0.2) is 0 Å². The monoisotopic (exact) mass is 230 g/mol. The summed E-state index contributed by atoms with van der Waals surface area (Å²) in [6, 6.07) is 1.98. The lowest BCUT2D eigenvalue weighted by Crippen LogP contribution is -2.06. The summed E-state index contributed by atoms with van der Waals surface area (Å²) in [6.45, 7) is 3.30. The zero-order valence-electron chi connectivity index (χ0n) is 7.94. The predicted molar refractivity (Wildman–Crippen MR) is 54.7 cm³/mol. The van der Waals surface area contributed by atoms with E-state index in [9.17, 15) is 8.42 Å². The largest absolute Gasteiger partial charge is 0.244 e. The van der Waals surface area contributed by atoms with Gasteiger partial charge in [0.2, 0.25) is 0 Å². The van der Waals surface area contributed by atoms with Gasteiger partial charge in [-0.15, -0.1) is 11.3 Å². The highest BCUT2D eigenvalue weighted by atomic mass is 32.2. The van der Waals surface area contributed by atoms with Gasteiger partial charge in [0.05, 0.1) is 5.69 Å². The highest BCUT2D eigenvalue weighted by molar-refractivity contribution is 7.90. The first-order chi connectivity index (χ1) is 6.48. The van der Waals surface area contributed by atoms with Crippen LogP contribution < -0.4 is 0 Å². The summed E-state index contributed by atoms with van der Waals surface area (Å²) >= 11 is 1.15. The molecule has 1 aromatic rings. The predicted octanol–water partition coefficient (Wildman–Crippen LogP) is 1.26. The van der Waals surface area contributed by atoms with Crippen molar-refractivity contribution in [2.45, 2.75) is 19.6 Å². The zero-order valence-corrected chi connectivity index (χ0v) is 9.57. The average molecular weight is 230 g/mol. The van der Waals surface area contributed by atoms with E-state index in [1.807, 2.05) is 6.07 Å². The Morgan fingerprint density at radius 1 is 1.57 bits per heavy atom. The average Bonchev–Trinajstić information content (AvgIpc) is 2.45. The van der Waals surface area contributed by atoms with E-state index in [-0.39, 0.29) is 11.5 Å². The standard InChI is InChI=1S/C8H10N2O2S2/c1-3-14(11,12)5-8-10-6(2)7(4-9)13-8/h3,5H2,1-2H3. The Balaban J connectivity index is 2.96. The van der Waals surface area contributed by atoms with Crippen molar-refractivity contribution in [2.24, 2.45) is 0 Å². The van der Waals surface area contributed by atoms with Gasteiger partial charge < -0.3 is 0 Å². The molecule has 0 saturated carbocycles. The summed E-state index contributed by atoms with van der Waals surface area (Å²) in [5, 5.41) is 9.16. The van der Waals surface area contributed by atoms with Gasteiger partial charge in [-0.25, -0.2) is 13.4 Å². The Morgan fingerprint density at radius 2 is 2.21 bits per heavy atom. The highest BCUT2D eigenvalue weighted by Crippen LogP contribution is 2.18. The number of thiazole rings is 1. The van der Waals surface area contributed by atoms with Crippen LogP contribution in [-0.2, 0) is 15.6 Å². The quantitative estimate of drug-likeness (QED) is 0.783. The van der Waals surface area contributed by atoms with Gasteiger partial charge in [-0.3, -0.25) is 0 Å². The van der Waals surface area contributed by atoms with Crippen molar-refractivity contribution in [3.8, 4) is 6.07 Å². The van der Waals surface area contributed by atoms with Gasteiger partial charge in [-0.2, -0.15) is 5.26 Å². The van der Waals surface area contributed by atoms with E-state index in [0.717, 1.165) is 11.3 Å². The van der Waals surface area contributed by atoms with Crippen molar-refractivity contribution in [3.63, 3.8) is 0 Å². The maximum atomic E-state index is 11.3. The smallest absolute Gasteiger partial charge is 0.156 e. The minimum absolute atomic E-state index is 0.0588. The van der Waals surface area contributed by atoms with Crippen molar-refractivity contribution in [3.05, 3.63) is 15.6 Å². The summed E-state index contributed by atoms with van der Waals surface area (Å²) in [4.78, 5) is 4.52. The van der Waals surface area contributed by atoms with Crippen LogP contribution in [0.3, 0.4) is 0 Å². The highest BCUT2D eigenvalue weighted by Gasteiger charge is 2.14. The summed E-state index contributed by atoms with van der Waals surface area (Å²) in [5.74, 6) is 0.0458. The molecular formula is C8H10N2O2S2. The Bertz CT molecular complexity index is 468. The lowest BCUT2D eigenvalue weighted by atomic mass is 10.4. The Hall–Kier alpha value is -0.930. The lowest BCUT2D eigenvalue weighted by molar-refractivity contribution is 0.596. The first-order valence-electron chi connectivity index (χ1n) is 4.05. The first-order valence-corrected chi connectivity index (χ1v) is 6.69. The van der Waals surface area contributed by atoms with Gasteiger partial charge in [0.1, 0.15) is 21.7 Å². The van der Waals surface area contributed by atoms with E-state index in [2.05, 4.69) is 4.98 Å². The van der Waals surface area contributed by atoms with Gasteiger partial charge in [-0.1, -0.05) is 6.92 Å². The molecule has 0 radical (unpaired) electrons. The normalized spacial score (nSPS) is 11.2. The number of aromatic nitrogens is 1. The SMILES string of the molecule is CCS(=O)(=O)Cc1nc(C)c(C#N)s1. The van der Waals surface area contributed by atoms with Gasteiger partial charge >= 0.3 is 0 Å². The van der Waals surface area contributed by atoms with Gasteiger partial charge in [0.15, 0.2) is 9.84 Å². The van der Waals surface area contributed by atoms with Crippen LogP contribution in [0.4, 0.5) is 0 Å². The van der Waals surface area contributed by atoms with Crippen LogP contribution in [-0.4, -0.2) is 19.2 Å². The van der Waals surface area contributed by atoms with E-state index < -0.39 is 9.84 Å². The summed E-state index contributed by atoms with van der Waals surface area (Å²) in [7, 11) is -3.05. The first kappa shape index (κ1) is 11.1. The molecule has 0 fully saturated rings. The molecule has 0 unspecified atom stereocenters. The Kier molecular flexibility index (Phi) is 3.24. The molecule has 0 N–H and O–H groups in total. The van der Waals surface area contributed by atoms with E-state index >= 15 is 0 Å². The number of nitrogens with zero attached hydrogens (tertiary/aromatic N) is 2. The molecule has 0 saturated heterocycles. The molecule has 76 valence electrons. The zero-order chi connectivity index (χ0) is 10.8. The molecule has 6 heteroatoms. The van der Waals surface area contributed by atoms with Crippen molar-refractivity contribution in [1.82, 2.24) is 4.98 Å². The molecule has 0 spiro atoms. The molecule has 0 aromatic carbocycles. The number of nitriles is 1. The minimum Gasteiger partial charge on any atom is -0.244 e. The third-order valence-corrected chi connectivity index (χ3v) is 4.56. The van der Waals surface area contributed by atoms with Crippen LogP contribution >= 0.6 is 11.3 Å². The fourth-order valence-corrected chi connectivity index (χ4v) is 2.98. The Morgan fingerprint density at radius 3 is 2.64 bits per heavy atom. The van der Waals surface area contributed by atoms with Crippen LogP contribution in [0.25, 0.3) is 0 Å². The molecule has 0 bridgehead atoms. The summed E-state index contributed by atoms with van der Waals surface area (Å²) in [5.41, 5.74) is 0.610. The van der Waals surface area contributed by atoms with E-state index in [0.29, 0.717) is 15.6 Å². The molecule has 0 aliphatic heterocycles. The van der Waals surface area contributed by atoms with Crippen LogP contribution in [0, 0.1) is 18.3 Å². The Labute approximate surface area is 87.1 Å². The van der Waals surface area contributed by atoms with Gasteiger partial charge in [-0.05, 0) is 6.92 Å². The van der Waals surface area contributed by atoms with Crippen molar-refractivity contribution >= 4 is 21.2 Å². The maximum absolute atomic E-state index is 11.3.